The Kier molecular flexibility index (Phi) is 2.87. The van der Waals surface area contributed by atoms with Crippen molar-refractivity contribution in [3.05, 3.63) is 45.3 Å². The molecule has 0 spiro atoms. The molecule has 0 aliphatic rings. The van der Waals surface area contributed by atoms with Crippen molar-refractivity contribution >= 4 is 48.6 Å². The zero-order valence-electron chi connectivity index (χ0n) is 9.15. The third kappa shape index (κ3) is 2.04. The number of benzene rings is 2. The topological polar surface area (TPSA) is 52.0 Å². The first-order chi connectivity index (χ1) is 8.63. The number of fused-ring (bicyclic) bond motifs is 1. The summed E-state index contributed by atoms with van der Waals surface area (Å²) in [7, 11) is 0. The number of nitrogen functional groups attached to an aromatic ring is 1. The average molecular weight is 368 g/mol. The molecule has 90 valence electrons. The predicted octanol–water partition coefficient (Wildman–Crippen LogP) is 4.60. The first-order valence-corrected chi connectivity index (χ1v) is 6.83. The molecule has 2 aromatic carbocycles. The van der Waals surface area contributed by atoms with Crippen molar-refractivity contribution in [3.63, 3.8) is 0 Å². The van der Waals surface area contributed by atoms with Crippen LogP contribution in [0.2, 0.25) is 0 Å². The Labute approximate surface area is 120 Å². The molecule has 0 aliphatic heterocycles. The normalized spacial score (nSPS) is 11.0. The highest BCUT2D eigenvalue weighted by atomic mass is 79.9. The van der Waals surface area contributed by atoms with E-state index < -0.39 is 0 Å². The molecule has 0 atom stereocenters. The summed E-state index contributed by atoms with van der Waals surface area (Å²) in [5.74, 6) is 0.558. The van der Waals surface area contributed by atoms with E-state index in [9.17, 15) is 0 Å². The van der Waals surface area contributed by atoms with Gasteiger partial charge < -0.3 is 10.2 Å². The zero-order chi connectivity index (χ0) is 12.7. The van der Waals surface area contributed by atoms with Crippen LogP contribution in [-0.2, 0) is 0 Å². The molecule has 0 unspecified atom stereocenters. The highest BCUT2D eigenvalue weighted by Crippen LogP contribution is 2.32. The molecule has 18 heavy (non-hydrogen) atoms. The van der Waals surface area contributed by atoms with E-state index in [4.69, 9.17) is 10.2 Å². The highest BCUT2D eigenvalue weighted by molar-refractivity contribution is 9.10. The van der Waals surface area contributed by atoms with Gasteiger partial charge in [0, 0.05) is 14.6 Å². The number of oxazole rings is 1. The molecule has 0 saturated carbocycles. The Morgan fingerprint density at radius 2 is 1.89 bits per heavy atom. The smallest absolute Gasteiger partial charge is 0.228 e. The van der Waals surface area contributed by atoms with Crippen molar-refractivity contribution in [2.45, 2.75) is 0 Å². The molecule has 3 rings (SSSR count). The van der Waals surface area contributed by atoms with Gasteiger partial charge in [-0.05, 0) is 52.3 Å². The lowest BCUT2D eigenvalue weighted by atomic mass is 10.2. The highest BCUT2D eigenvalue weighted by Gasteiger charge is 2.11. The molecule has 0 aliphatic carbocycles. The minimum atomic E-state index is 0.558. The Morgan fingerprint density at radius 1 is 1.06 bits per heavy atom. The Hall–Kier alpha value is -1.33. The predicted molar refractivity (Wildman–Crippen MR) is 79.3 cm³/mol. The first-order valence-electron chi connectivity index (χ1n) is 5.25. The molecule has 5 heteroatoms. The van der Waals surface area contributed by atoms with Gasteiger partial charge in [0.05, 0.1) is 5.56 Å². The maximum atomic E-state index is 5.79. The zero-order valence-corrected chi connectivity index (χ0v) is 12.3. The van der Waals surface area contributed by atoms with E-state index in [1.807, 2.05) is 36.4 Å². The lowest BCUT2D eigenvalue weighted by Gasteiger charge is -2.00. The van der Waals surface area contributed by atoms with Gasteiger partial charge in [-0.15, -0.1) is 0 Å². The first kappa shape index (κ1) is 11.7. The number of halogens is 2. The third-order valence-electron chi connectivity index (χ3n) is 2.57. The summed E-state index contributed by atoms with van der Waals surface area (Å²) in [4.78, 5) is 4.46. The molecular weight excluding hydrogens is 360 g/mol. The van der Waals surface area contributed by atoms with Crippen LogP contribution in [-0.4, -0.2) is 4.98 Å². The summed E-state index contributed by atoms with van der Waals surface area (Å²) in [5, 5.41) is 0. The van der Waals surface area contributed by atoms with Gasteiger partial charge in [0.25, 0.3) is 0 Å². The van der Waals surface area contributed by atoms with Crippen LogP contribution in [0.4, 0.5) is 5.69 Å². The standard InChI is InChI=1S/C13H8Br2N2O/c14-7-1-4-12-11(5-7)17-13(18-12)9-6-8(16)2-3-10(9)15/h1-6H,16H2. The second-order valence-corrected chi connectivity index (χ2v) is 5.64. The number of nitrogens with zero attached hydrogens (tertiary/aromatic N) is 1. The minimum absolute atomic E-state index is 0.558. The fraction of sp³-hybridized carbons (Fsp3) is 0. The lowest BCUT2D eigenvalue weighted by molar-refractivity contribution is 0.619. The van der Waals surface area contributed by atoms with Gasteiger partial charge in [-0.25, -0.2) is 4.98 Å². The fourth-order valence-electron chi connectivity index (χ4n) is 1.72. The number of nitrogens with two attached hydrogens (primary N) is 1. The van der Waals surface area contributed by atoms with Crippen LogP contribution in [0.1, 0.15) is 0 Å². The van der Waals surface area contributed by atoms with Crippen molar-refractivity contribution in [1.82, 2.24) is 4.98 Å². The molecule has 0 amide bonds. The maximum absolute atomic E-state index is 5.79. The second-order valence-electron chi connectivity index (χ2n) is 3.87. The Balaban J connectivity index is 2.22. The van der Waals surface area contributed by atoms with Crippen LogP contribution in [0.5, 0.6) is 0 Å². The van der Waals surface area contributed by atoms with Crippen LogP contribution >= 0.6 is 31.9 Å². The van der Waals surface area contributed by atoms with Gasteiger partial charge in [0.2, 0.25) is 5.89 Å². The van der Waals surface area contributed by atoms with E-state index >= 15 is 0 Å². The minimum Gasteiger partial charge on any atom is -0.436 e. The monoisotopic (exact) mass is 366 g/mol. The SMILES string of the molecule is Nc1ccc(Br)c(-c2nc3cc(Br)ccc3o2)c1. The van der Waals surface area contributed by atoms with Crippen molar-refractivity contribution in [2.24, 2.45) is 0 Å². The van der Waals surface area contributed by atoms with Crippen molar-refractivity contribution in [3.8, 4) is 11.5 Å². The summed E-state index contributed by atoms with van der Waals surface area (Å²) in [5.41, 5.74) is 8.88. The Morgan fingerprint density at radius 3 is 2.72 bits per heavy atom. The summed E-state index contributed by atoms with van der Waals surface area (Å²) in [6.45, 7) is 0. The molecule has 1 aromatic heterocycles. The van der Waals surface area contributed by atoms with E-state index in [1.165, 1.54) is 0 Å². The molecule has 0 fully saturated rings. The third-order valence-corrected chi connectivity index (χ3v) is 3.76. The van der Waals surface area contributed by atoms with E-state index in [0.29, 0.717) is 11.6 Å². The van der Waals surface area contributed by atoms with Gasteiger partial charge in [-0.1, -0.05) is 15.9 Å². The second kappa shape index (κ2) is 4.40. The summed E-state index contributed by atoms with van der Waals surface area (Å²) in [6, 6.07) is 11.3. The van der Waals surface area contributed by atoms with E-state index in [0.717, 1.165) is 25.6 Å². The largest absolute Gasteiger partial charge is 0.436 e. The number of hydrogen-bond acceptors (Lipinski definition) is 3. The number of anilines is 1. The number of rotatable bonds is 1. The van der Waals surface area contributed by atoms with Crippen LogP contribution in [0, 0.1) is 0 Å². The van der Waals surface area contributed by atoms with Crippen LogP contribution in [0.3, 0.4) is 0 Å². The summed E-state index contributed by atoms with van der Waals surface area (Å²) < 4.78 is 7.61. The van der Waals surface area contributed by atoms with Crippen LogP contribution < -0.4 is 5.73 Å². The number of aromatic nitrogens is 1. The van der Waals surface area contributed by atoms with Crippen LogP contribution in [0.15, 0.2) is 49.8 Å². The van der Waals surface area contributed by atoms with Crippen molar-refractivity contribution < 1.29 is 4.42 Å². The molecule has 0 bridgehead atoms. The van der Waals surface area contributed by atoms with Gasteiger partial charge in [0.1, 0.15) is 5.52 Å². The molecule has 0 saturated heterocycles. The lowest BCUT2D eigenvalue weighted by Crippen LogP contribution is -1.86. The molecule has 2 N–H and O–H groups in total. The van der Waals surface area contributed by atoms with Gasteiger partial charge >= 0.3 is 0 Å². The number of hydrogen-bond donors (Lipinski definition) is 1. The van der Waals surface area contributed by atoms with Crippen molar-refractivity contribution in [2.75, 3.05) is 5.73 Å². The van der Waals surface area contributed by atoms with Gasteiger partial charge in [-0.2, -0.15) is 0 Å². The Bertz CT molecular complexity index is 737. The van der Waals surface area contributed by atoms with E-state index in [-0.39, 0.29) is 0 Å². The molecule has 0 radical (unpaired) electrons. The van der Waals surface area contributed by atoms with E-state index in [2.05, 4.69) is 36.8 Å². The van der Waals surface area contributed by atoms with Gasteiger partial charge in [-0.3, -0.25) is 0 Å². The molecule has 1 heterocycles. The van der Waals surface area contributed by atoms with Crippen LogP contribution in [0.25, 0.3) is 22.6 Å². The van der Waals surface area contributed by atoms with Crippen molar-refractivity contribution in [1.29, 1.82) is 0 Å². The molecular formula is C13H8Br2N2O. The quantitative estimate of drug-likeness (QED) is 0.639. The summed E-state index contributed by atoms with van der Waals surface area (Å²) in [6.07, 6.45) is 0. The fourth-order valence-corrected chi connectivity index (χ4v) is 2.49. The molecule has 3 nitrogen and oxygen atoms in total. The molecule has 3 aromatic rings. The maximum Gasteiger partial charge on any atom is 0.228 e. The van der Waals surface area contributed by atoms with E-state index in [1.54, 1.807) is 0 Å². The average Bonchev–Trinajstić information content (AvgIpc) is 2.74. The summed E-state index contributed by atoms with van der Waals surface area (Å²) >= 11 is 6.89. The van der Waals surface area contributed by atoms with Gasteiger partial charge in [0.15, 0.2) is 5.58 Å².